The summed E-state index contributed by atoms with van der Waals surface area (Å²) in [7, 11) is 1.69. The molecule has 2 rings (SSSR count). The third kappa shape index (κ3) is 4.59. The maximum Gasteiger partial charge on any atom is 0.159 e. The van der Waals surface area contributed by atoms with Crippen molar-refractivity contribution in [3.63, 3.8) is 0 Å². The van der Waals surface area contributed by atoms with Crippen LogP contribution in [0.3, 0.4) is 0 Å². The van der Waals surface area contributed by atoms with Gasteiger partial charge in [-0.25, -0.2) is 0 Å². The average molecular weight is 284 g/mol. The van der Waals surface area contributed by atoms with Crippen molar-refractivity contribution >= 4 is 5.78 Å². The molecule has 21 heavy (non-hydrogen) atoms. The largest absolute Gasteiger partial charge is 0.497 e. The molecule has 2 heteroatoms. The number of allylic oxidation sites excluding steroid dienone is 4. The molecular weight excluding hydrogens is 260 g/mol. The summed E-state index contributed by atoms with van der Waals surface area (Å²) >= 11 is 0. The van der Waals surface area contributed by atoms with Gasteiger partial charge < -0.3 is 4.74 Å². The maximum atomic E-state index is 11.7. The van der Waals surface area contributed by atoms with E-state index in [9.17, 15) is 4.79 Å². The quantitative estimate of drug-likeness (QED) is 0.682. The number of ketones is 1. The zero-order chi connectivity index (χ0) is 15.1. The molecule has 0 amide bonds. The predicted molar refractivity (Wildman–Crippen MR) is 86.6 cm³/mol. The highest BCUT2D eigenvalue weighted by Crippen LogP contribution is 2.25. The van der Waals surface area contributed by atoms with Crippen LogP contribution in [-0.4, -0.2) is 12.9 Å². The van der Waals surface area contributed by atoms with Gasteiger partial charge in [0.1, 0.15) is 5.75 Å². The predicted octanol–water partition coefficient (Wildman–Crippen LogP) is 4.64. The summed E-state index contributed by atoms with van der Waals surface area (Å²) in [5.74, 6) is 1.27. The average Bonchev–Trinajstić information content (AvgIpc) is 2.82. The molecule has 0 spiro atoms. The van der Waals surface area contributed by atoms with E-state index >= 15 is 0 Å². The molecule has 0 unspecified atom stereocenters. The number of carbonyl (C=O) groups excluding carboxylic acids is 1. The number of hydrogen-bond acceptors (Lipinski definition) is 2. The van der Waals surface area contributed by atoms with Crippen molar-refractivity contribution in [1.82, 2.24) is 0 Å². The van der Waals surface area contributed by atoms with Crippen molar-refractivity contribution in [3.05, 3.63) is 53.1 Å². The Morgan fingerprint density at radius 1 is 1.14 bits per heavy atom. The topological polar surface area (TPSA) is 26.3 Å². The first-order chi connectivity index (χ1) is 10.2. The van der Waals surface area contributed by atoms with E-state index in [0.29, 0.717) is 5.78 Å². The van der Waals surface area contributed by atoms with Crippen LogP contribution in [0.5, 0.6) is 5.75 Å². The minimum absolute atomic E-state index is 0.359. The van der Waals surface area contributed by atoms with Crippen LogP contribution in [0.2, 0.25) is 0 Å². The molecule has 0 aliphatic heterocycles. The monoisotopic (exact) mass is 284 g/mol. The third-order valence-corrected chi connectivity index (χ3v) is 4.04. The van der Waals surface area contributed by atoms with Crippen LogP contribution in [0.15, 0.2) is 47.6 Å². The Balaban J connectivity index is 1.71. The Kier molecular flexibility index (Phi) is 5.79. The number of benzene rings is 1. The van der Waals surface area contributed by atoms with Gasteiger partial charge in [0.15, 0.2) is 5.78 Å². The van der Waals surface area contributed by atoms with E-state index in [1.807, 2.05) is 12.1 Å². The van der Waals surface area contributed by atoms with Gasteiger partial charge in [0.2, 0.25) is 0 Å². The van der Waals surface area contributed by atoms with E-state index in [2.05, 4.69) is 31.2 Å². The number of Topliss-reactive ketones (excluding diaryl/α,β-unsaturated/α-hetero) is 1. The fraction of sp³-hybridized carbons (Fsp3) is 0.421. The smallest absolute Gasteiger partial charge is 0.159 e. The number of carbonyl (C=O) groups is 1. The molecule has 0 N–H and O–H groups in total. The summed E-state index contributed by atoms with van der Waals surface area (Å²) in [5, 5.41) is 0. The number of hydrogen-bond donors (Lipinski definition) is 0. The Labute approximate surface area is 127 Å². The maximum absolute atomic E-state index is 11.7. The first-order valence-electron chi connectivity index (χ1n) is 7.70. The summed E-state index contributed by atoms with van der Waals surface area (Å²) in [6.45, 7) is 2.09. The SMILES string of the molecule is COc1cccc(CCC=CCCC2=C(C)CCC2=O)c1. The van der Waals surface area contributed by atoms with Gasteiger partial charge in [-0.05, 0) is 62.3 Å². The van der Waals surface area contributed by atoms with E-state index in [1.165, 1.54) is 11.1 Å². The normalized spacial score (nSPS) is 15.2. The molecule has 0 bridgehead atoms. The fourth-order valence-electron chi connectivity index (χ4n) is 2.73. The molecule has 0 atom stereocenters. The molecule has 1 aromatic rings. The molecular formula is C19H24O2. The van der Waals surface area contributed by atoms with Crippen molar-refractivity contribution in [2.45, 2.75) is 45.4 Å². The van der Waals surface area contributed by atoms with Crippen LogP contribution >= 0.6 is 0 Å². The summed E-state index contributed by atoms with van der Waals surface area (Å²) < 4.78 is 5.22. The van der Waals surface area contributed by atoms with Crippen molar-refractivity contribution < 1.29 is 9.53 Å². The minimum atomic E-state index is 0.359. The van der Waals surface area contributed by atoms with Crippen molar-refractivity contribution in [3.8, 4) is 5.75 Å². The lowest BCUT2D eigenvalue weighted by molar-refractivity contribution is -0.115. The van der Waals surface area contributed by atoms with E-state index in [4.69, 9.17) is 4.74 Å². The Hall–Kier alpha value is -1.83. The lowest BCUT2D eigenvalue weighted by Crippen LogP contribution is -1.95. The molecule has 0 saturated heterocycles. The minimum Gasteiger partial charge on any atom is -0.497 e. The molecule has 0 heterocycles. The van der Waals surface area contributed by atoms with Crippen molar-refractivity contribution in [1.29, 1.82) is 0 Å². The molecule has 1 aromatic carbocycles. The molecule has 1 aliphatic carbocycles. The summed E-state index contributed by atoms with van der Waals surface area (Å²) in [6, 6.07) is 8.20. The lowest BCUT2D eigenvalue weighted by atomic mass is 10.1. The van der Waals surface area contributed by atoms with Gasteiger partial charge in [0, 0.05) is 6.42 Å². The van der Waals surface area contributed by atoms with Crippen LogP contribution < -0.4 is 4.74 Å². The Bertz CT molecular complexity index is 552. The highest BCUT2D eigenvalue weighted by Gasteiger charge is 2.18. The molecule has 2 nitrogen and oxygen atoms in total. The standard InChI is InChI=1S/C19H24O2/c1-15-12-13-19(20)18(15)11-6-4-3-5-8-16-9-7-10-17(14-16)21-2/h3-4,7,9-10,14H,5-6,8,11-13H2,1-2H3. The van der Waals surface area contributed by atoms with Crippen LogP contribution in [0.1, 0.15) is 44.6 Å². The molecule has 1 aliphatic rings. The van der Waals surface area contributed by atoms with Crippen LogP contribution in [0, 0.1) is 0 Å². The number of rotatable bonds is 7. The van der Waals surface area contributed by atoms with Crippen LogP contribution in [0.25, 0.3) is 0 Å². The summed E-state index contributed by atoms with van der Waals surface area (Å²) in [5.41, 5.74) is 3.67. The Morgan fingerprint density at radius 3 is 2.57 bits per heavy atom. The van der Waals surface area contributed by atoms with Crippen LogP contribution in [0.4, 0.5) is 0 Å². The van der Waals surface area contributed by atoms with Crippen LogP contribution in [-0.2, 0) is 11.2 Å². The second-order valence-corrected chi connectivity index (χ2v) is 5.58. The third-order valence-electron chi connectivity index (χ3n) is 4.04. The molecule has 0 aromatic heterocycles. The summed E-state index contributed by atoms with van der Waals surface area (Å²) in [6.07, 6.45) is 10.0. The highest BCUT2D eigenvalue weighted by molar-refractivity contribution is 5.98. The molecule has 0 fully saturated rings. The zero-order valence-electron chi connectivity index (χ0n) is 13.0. The van der Waals surface area contributed by atoms with Gasteiger partial charge in [-0.1, -0.05) is 29.9 Å². The second kappa shape index (κ2) is 7.82. The number of methoxy groups -OCH3 is 1. The zero-order valence-corrected chi connectivity index (χ0v) is 13.0. The van der Waals surface area contributed by atoms with Gasteiger partial charge in [0.25, 0.3) is 0 Å². The summed E-state index contributed by atoms with van der Waals surface area (Å²) in [4.78, 5) is 11.7. The van der Waals surface area contributed by atoms with Gasteiger partial charge in [-0.3, -0.25) is 4.79 Å². The molecule has 0 saturated carbocycles. The van der Waals surface area contributed by atoms with Gasteiger partial charge in [0.05, 0.1) is 7.11 Å². The van der Waals surface area contributed by atoms with Gasteiger partial charge in [-0.15, -0.1) is 0 Å². The second-order valence-electron chi connectivity index (χ2n) is 5.58. The first-order valence-corrected chi connectivity index (χ1v) is 7.70. The van der Waals surface area contributed by atoms with Gasteiger partial charge >= 0.3 is 0 Å². The first kappa shape index (κ1) is 15.6. The fourth-order valence-corrected chi connectivity index (χ4v) is 2.73. The Morgan fingerprint density at radius 2 is 1.90 bits per heavy atom. The molecule has 112 valence electrons. The van der Waals surface area contributed by atoms with E-state index < -0.39 is 0 Å². The molecule has 0 radical (unpaired) electrons. The number of aryl methyl sites for hydroxylation is 1. The lowest BCUT2D eigenvalue weighted by Gasteiger charge is -2.02. The van der Waals surface area contributed by atoms with E-state index in [0.717, 1.165) is 49.8 Å². The van der Waals surface area contributed by atoms with Crippen molar-refractivity contribution in [2.75, 3.05) is 7.11 Å². The van der Waals surface area contributed by atoms with Crippen molar-refractivity contribution in [2.24, 2.45) is 0 Å². The van der Waals surface area contributed by atoms with E-state index in [1.54, 1.807) is 7.11 Å². The van der Waals surface area contributed by atoms with Gasteiger partial charge in [-0.2, -0.15) is 0 Å². The van der Waals surface area contributed by atoms with E-state index in [-0.39, 0.29) is 0 Å². The highest BCUT2D eigenvalue weighted by atomic mass is 16.5. The number of ether oxygens (including phenoxy) is 1.